The van der Waals surface area contributed by atoms with E-state index in [0.717, 1.165) is 42.5 Å². The van der Waals surface area contributed by atoms with Gasteiger partial charge in [-0.15, -0.1) is 22.6 Å². The van der Waals surface area contributed by atoms with Crippen LogP contribution in [0.2, 0.25) is 0 Å². The van der Waals surface area contributed by atoms with Crippen LogP contribution in [0.1, 0.15) is 29.5 Å². The number of nitrogens with zero attached hydrogens (tertiary/aromatic N) is 4. The summed E-state index contributed by atoms with van der Waals surface area (Å²) in [5.74, 6) is 1.92. The van der Waals surface area contributed by atoms with Crippen molar-refractivity contribution in [2.75, 3.05) is 29.9 Å². The minimum absolute atomic E-state index is 0. The van der Waals surface area contributed by atoms with E-state index in [0.29, 0.717) is 24.0 Å². The molecule has 2 heterocycles. The Bertz CT molecular complexity index is 1100. The van der Waals surface area contributed by atoms with Crippen LogP contribution in [-0.4, -0.2) is 35.0 Å². The first-order valence-electron chi connectivity index (χ1n) is 10.4. The van der Waals surface area contributed by atoms with Crippen molar-refractivity contribution in [3.8, 4) is 0 Å². The Hall–Kier alpha value is -2.88. The van der Waals surface area contributed by atoms with Crippen LogP contribution < -0.4 is 10.2 Å². The van der Waals surface area contributed by atoms with E-state index in [2.05, 4.69) is 57.3 Å². The molecule has 4 rings (SSSR count). The van der Waals surface area contributed by atoms with E-state index in [9.17, 15) is 5.11 Å². The fraction of sp³-hybridized carbons (Fsp3) is 0.375. The molecule has 7 heteroatoms. The number of benzene rings is 2. The molecular weight excluding hydrogens is 410 g/mol. The molecule has 2 aromatic carbocycles. The van der Waals surface area contributed by atoms with Crippen molar-refractivity contribution in [2.24, 2.45) is 5.92 Å². The van der Waals surface area contributed by atoms with Crippen molar-refractivity contribution in [1.82, 2.24) is 10.2 Å². The minimum atomic E-state index is 0. The van der Waals surface area contributed by atoms with E-state index >= 15 is 0 Å². The summed E-state index contributed by atoms with van der Waals surface area (Å²) in [7, 11) is 0. The maximum absolute atomic E-state index is 9.42. The number of rotatable bonds is 5. The number of aryl methyl sites for hydroxylation is 2. The molecule has 2 N–H and O–H groups in total. The number of piperidine rings is 1. The fourth-order valence-electron chi connectivity index (χ4n) is 3.99. The average Bonchev–Trinajstić information content (AvgIpc) is 2.79. The SMILES string of the molecule is Cl.[C-]#[N+]c1ccc2c(N3CCC(CO)CC3)nnc(NCc3ccc(C)c(C)c3)c2c1. The summed E-state index contributed by atoms with van der Waals surface area (Å²) >= 11 is 0. The number of nitrogens with one attached hydrogen (secondary N) is 1. The summed E-state index contributed by atoms with van der Waals surface area (Å²) in [5, 5.41) is 23.8. The molecule has 0 unspecified atom stereocenters. The number of hydrogen-bond acceptors (Lipinski definition) is 5. The van der Waals surface area contributed by atoms with Crippen LogP contribution in [0.4, 0.5) is 17.3 Å². The summed E-state index contributed by atoms with van der Waals surface area (Å²) in [5.41, 5.74) is 4.32. The van der Waals surface area contributed by atoms with E-state index in [-0.39, 0.29) is 19.0 Å². The topological polar surface area (TPSA) is 65.6 Å². The molecule has 0 spiro atoms. The second kappa shape index (κ2) is 9.95. The van der Waals surface area contributed by atoms with E-state index in [1.807, 2.05) is 18.2 Å². The third-order valence-corrected chi connectivity index (χ3v) is 6.08. The molecular formula is C24H28ClN5O. The van der Waals surface area contributed by atoms with Crippen molar-refractivity contribution < 1.29 is 5.11 Å². The molecule has 162 valence electrons. The van der Waals surface area contributed by atoms with Gasteiger partial charge < -0.3 is 15.3 Å². The molecule has 0 bridgehead atoms. The number of aromatic nitrogens is 2. The van der Waals surface area contributed by atoms with Gasteiger partial charge in [0, 0.05) is 37.0 Å². The van der Waals surface area contributed by atoms with Gasteiger partial charge in [0.1, 0.15) is 0 Å². The molecule has 0 amide bonds. The molecule has 1 aromatic heterocycles. The quantitative estimate of drug-likeness (QED) is 0.547. The summed E-state index contributed by atoms with van der Waals surface area (Å²) in [6.07, 6.45) is 1.90. The summed E-state index contributed by atoms with van der Waals surface area (Å²) < 4.78 is 0. The van der Waals surface area contributed by atoms with Gasteiger partial charge in [0.05, 0.1) is 6.57 Å². The third-order valence-electron chi connectivity index (χ3n) is 6.08. The van der Waals surface area contributed by atoms with Crippen LogP contribution in [0.3, 0.4) is 0 Å². The van der Waals surface area contributed by atoms with Crippen LogP contribution in [0.15, 0.2) is 36.4 Å². The lowest BCUT2D eigenvalue weighted by Gasteiger charge is -2.32. The maximum atomic E-state index is 9.42. The van der Waals surface area contributed by atoms with Crippen LogP contribution in [0.25, 0.3) is 15.6 Å². The molecule has 31 heavy (non-hydrogen) atoms. The summed E-state index contributed by atoms with van der Waals surface area (Å²) in [6, 6.07) is 12.1. The number of aliphatic hydroxyl groups is 1. The Labute approximate surface area is 189 Å². The molecule has 3 aromatic rings. The van der Waals surface area contributed by atoms with Crippen molar-refractivity contribution in [3.05, 3.63) is 64.5 Å². The Morgan fingerprint density at radius 3 is 2.52 bits per heavy atom. The van der Waals surface area contributed by atoms with Crippen LogP contribution >= 0.6 is 12.4 Å². The Morgan fingerprint density at radius 1 is 1.06 bits per heavy atom. The highest BCUT2D eigenvalue weighted by Gasteiger charge is 2.22. The second-order valence-corrected chi connectivity index (χ2v) is 8.10. The first-order valence-corrected chi connectivity index (χ1v) is 10.4. The first-order chi connectivity index (χ1) is 14.6. The van der Waals surface area contributed by atoms with Gasteiger partial charge in [-0.25, -0.2) is 4.85 Å². The number of halogens is 1. The van der Waals surface area contributed by atoms with Gasteiger partial charge in [0.25, 0.3) is 0 Å². The van der Waals surface area contributed by atoms with Crippen LogP contribution in [-0.2, 0) is 6.54 Å². The lowest BCUT2D eigenvalue weighted by Crippen LogP contribution is -2.35. The molecule has 0 aliphatic carbocycles. The molecule has 1 saturated heterocycles. The highest BCUT2D eigenvalue weighted by Crippen LogP contribution is 2.33. The molecule has 0 radical (unpaired) electrons. The molecule has 1 aliphatic heterocycles. The van der Waals surface area contributed by atoms with Crippen molar-refractivity contribution in [2.45, 2.75) is 33.2 Å². The molecule has 6 nitrogen and oxygen atoms in total. The standard InChI is InChI=1S/C24H27N5O.ClH/c1-16-4-5-19(12-17(16)2)14-26-23-22-13-20(25-3)6-7-21(22)24(28-27-23)29-10-8-18(15-30)9-11-29;/h4-7,12-13,18,30H,8-11,14-15H2,1-2H3,(H,26,27);1H. The van der Waals surface area contributed by atoms with Crippen molar-refractivity contribution in [3.63, 3.8) is 0 Å². The lowest BCUT2D eigenvalue weighted by atomic mass is 9.97. The Kier molecular flexibility index (Phi) is 7.32. The van der Waals surface area contributed by atoms with Crippen LogP contribution in [0, 0.1) is 26.3 Å². The van der Waals surface area contributed by atoms with Crippen LogP contribution in [0.5, 0.6) is 0 Å². The van der Waals surface area contributed by atoms with E-state index < -0.39 is 0 Å². The van der Waals surface area contributed by atoms with Gasteiger partial charge >= 0.3 is 0 Å². The monoisotopic (exact) mass is 437 g/mol. The molecule has 1 aliphatic rings. The predicted octanol–water partition coefficient (Wildman–Crippen LogP) is 5.04. The van der Waals surface area contributed by atoms with Gasteiger partial charge in [0.2, 0.25) is 0 Å². The predicted molar refractivity (Wildman–Crippen MR) is 128 cm³/mol. The smallest absolute Gasteiger partial charge is 0.188 e. The van der Waals surface area contributed by atoms with E-state index in [1.54, 1.807) is 0 Å². The Morgan fingerprint density at radius 2 is 1.84 bits per heavy atom. The molecule has 0 atom stereocenters. The number of hydrogen-bond donors (Lipinski definition) is 2. The number of anilines is 2. The Balaban J connectivity index is 0.00000272. The fourth-order valence-corrected chi connectivity index (χ4v) is 3.99. The van der Waals surface area contributed by atoms with Gasteiger partial charge in [-0.2, -0.15) is 0 Å². The van der Waals surface area contributed by atoms with E-state index in [4.69, 9.17) is 6.57 Å². The zero-order chi connectivity index (χ0) is 21.1. The first kappa shape index (κ1) is 22.8. The summed E-state index contributed by atoms with van der Waals surface area (Å²) in [6.45, 7) is 14.2. The molecule has 0 saturated carbocycles. The van der Waals surface area contributed by atoms with E-state index in [1.165, 1.54) is 16.7 Å². The lowest BCUT2D eigenvalue weighted by molar-refractivity contribution is 0.203. The normalized spacial score (nSPS) is 14.2. The highest BCUT2D eigenvalue weighted by molar-refractivity contribution is 6.00. The third kappa shape index (κ3) is 4.90. The zero-order valence-electron chi connectivity index (χ0n) is 17.9. The van der Waals surface area contributed by atoms with Gasteiger partial charge in [-0.3, -0.25) is 0 Å². The zero-order valence-corrected chi connectivity index (χ0v) is 18.7. The van der Waals surface area contributed by atoms with Crippen molar-refractivity contribution in [1.29, 1.82) is 0 Å². The van der Waals surface area contributed by atoms with Gasteiger partial charge in [-0.05, 0) is 55.4 Å². The van der Waals surface area contributed by atoms with Gasteiger partial charge in [0.15, 0.2) is 17.3 Å². The average molecular weight is 438 g/mol. The molecule has 1 fully saturated rings. The highest BCUT2D eigenvalue weighted by atomic mass is 35.5. The van der Waals surface area contributed by atoms with Gasteiger partial charge in [-0.1, -0.05) is 30.3 Å². The number of aliphatic hydroxyl groups excluding tert-OH is 1. The largest absolute Gasteiger partial charge is 0.396 e. The minimum Gasteiger partial charge on any atom is -0.396 e. The maximum Gasteiger partial charge on any atom is 0.188 e. The second-order valence-electron chi connectivity index (χ2n) is 8.10. The van der Waals surface area contributed by atoms with Crippen molar-refractivity contribution >= 4 is 40.5 Å². The summed E-state index contributed by atoms with van der Waals surface area (Å²) in [4.78, 5) is 5.84. The number of fused-ring (bicyclic) bond motifs is 1.